The smallest absolute Gasteiger partial charge is 0.269 e. The molecule has 0 aliphatic heterocycles. The lowest BCUT2D eigenvalue weighted by molar-refractivity contribution is -0.384. The van der Waals surface area contributed by atoms with Crippen LogP contribution in [0.3, 0.4) is 0 Å². The van der Waals surface area contributed by atoms with E-state index in [2.05, 4.69) is 20.3 Å². The van der Waals surface area contributed by atoms with Crippen LogP contribution in [0, 0.1) is 10.1 Å². The topological polar surface area (TPSA) is 156 Å². The van der Waals surface area contributed by atoms with Gasteiger partial charge in [0.2, 0.25) is 5.95 Å². The second-order valence-electron chi connectivity index (χ2n) is 5.55. The van der Waals surface area contributed by atoms with E-state index >= 15 is 0 Å². The summed E-state index contributed by atoms with van der Waals surface area (Å²) in [5.41, 5.74) is 6.97. The van der Waals surface area contributed by atoms with E-state index < -0.39 is 4.92 Å². The first-order valence-corrected chi connectivity index (χ1v) is 7.71. The zero-order valence-electron chi connectivity index (χ0n) is 13.6. The second kappa shape index (κ2) is 6.29. The van der Waals surface area contributed by atoms with Crippen LogP contribution in [0.5, 0.6) is 0 Å². The third kappa shape index (κ3) is 2.97. The normalized spacial score (nSPS) is 11.0. The number of nitrogens with zero attached hydrogens (tertiary/aromatic N) is 6. The molecular weight excluding hydrogens is 354 g/mol. The fourth-order valence-electron chi connectivity index (χ4n) is 2.56. The van der Waals surface area contributed by atoms with Crippen LogP contribution < -0.4 is 5.73 Å². The molecule has 0 saturated heterocycles. The van der Waals surface area contributed by atoms with Gasteiger partial charge >= 0.3 is 0 Å². The number of nitro groups is 1. The van der Waals surface area contributed by atoms with Crippen molar-refractivity contribution >= 4 is 28.6 Å². The van der Waals surface area contributed by atoms with Gasteiger partial charge < -0.3 is 10.2 Å². The molecule has 0 bridgehead atoms. The Morgan fingerprint density at radius 2 is 2.00 bits per heavy atom. The summed E-state index contributed by atoms with van der Waals surface area (Å²) < 4.78 is 6.62. The first-order chi connectivity index (χ1) is 13.0. The number of ketones is 1. The van der Waals surface area contributed by atoms with Crippen LogP contribution in [-0.2, 0) is 6.54 Å². The summed E-state index contributed by atoms with van der Waals surface area (Å²) in [5.74, 6) is 0.122. The van der Waals surface area contributed by atoms with Gasteiger partial charge in [0.25, 0.3) is 5.69 Å². The van der Waals surface area contributed by atoms with E-state index in [1.807, 2.05) is 0 Å². The number of carbonyl (C=O) groups excluding carboxylic acids is 1. The second-order valence-corrected chi connectivity index (χ2v) is 5.55. The highest BCUT2D eigenvalue weighted by atomic mass is 16.6. The Morgan fingerprint density at radius 3 is 2.67 bits per heavy atom. The predicted molar refractivity (Wildman–Crippen MR) is 92.7 cm³/mol. The van der Waals surface area contributed by atoms with Crippen molar-refractivity contribution in [3.63, 3.8) is 0 Å². The number of nitro benzene ring substituents is 1. The summed E-state index contributed by atoms with van der Waals surface area (Å²) in [6.45, 7) is -0.164. The molecule has 0 spiro atoms. The van der Waals surface area contributed by atoms with Crippen molar-refractivity contribution in [2.45, 2.75) is 6.54 Å². The Morgan fingerprint density at radius 1 is 1.22 bits per heavy atom. The maximum atomic E-state index is 12.5. The van der Waals surface area contributed by atoms with Gasteiger partial charge in [0, 0.05) is 17.7 Å². The minimum Gasteiger partial charge on any atom is -0.463 e. The first-order valence-electron chi connectivity index (χ1n) is 7.71. The number of benzene rings is 1. The monoisotopic (exact) mass is 365 g/mol. The van der Waals surface area contributed by atoms with Gasteiger partial charge in [0.05, 0.1) is 11.2 Å². The van der Waals surface area contributed by atoms with E-state index in [9.17, 15) is 14.9 Å². The van der Waals surface area contributed by atoms with Gasteiger partial charge in [-0.3, -0.25) is 14.9 Å². The standard InChI is InChI=1S/C16H11N7O4/c17-16-18-13(12-2-1-7-27-12)14-15(19-16)22(21-20-14)8-11(24)9-3-5-10(6-4-9)23(25)26/h1-7H,8H2,(H2,17,18,19). The summed E-state index contributed by atoms with van der Waals surface area (Å²) in [6.07, 6.45) is 1.49. The molecule has 3 heterocycles. The number of nitrogen functional groups attached to an aromatic ring is 1. The maximum absolute atomic E-state index is 12.5. The summed E-state index contributed by atoms with van der Waals surface area (Å²) in [7, 11) is 0. The molecule has 0 atom stereocenters. The molecule has 0 fully saturated rings. The number of hydrogen-bond donors (Lipinski definition) is 1. The number of non-ortho nitro benzene ring substituents is 1. The number of carbonyl (C=O) groups is 1. The highest BCUT2D eigenvalue weighted by Gasteiger charge is 2.19. The number of rotatable bonds is 5. The molecule has 11 heteroatoms. The molecule has 11 nitrogen and oxygen atoms in total. The van der Waals surface area contributed by atoms with Crippen molar-refractivity contribution in [1.82, 2.24) is 25.0 Å². The van der Waals surface area contributed by atoms with Crippen LogP contribution in [0.1, 0.15) is 10.4 Å². The van der Waals surface area contributed by atoms with Gasteiger partial charge in [-0.05, 0) is 24.3 Å². The lowest BCUT2D eigenvalue weighted by Gasteiger charge is -2.03. The van der Waals surface area contributed by atoms with E-state index in [1.165, 1.54) is 35.2 Å². The lowest BCUT2D eigenvalue weighted by Crippen LogP contribution is -2.13. The lowest BCUT2D eigenvalue weighted by atomic mass is 10.1. The van der Waals surface area contributed by atoms with Crippen molar-refractivity contribution < 1.29 is 14.1 Å². The molecule has 4 aromatic rings. The van der Waals surface area contributed by atoms with Gasteiger partial charge in [0.15, 0.2) is 22.7 Å². The van der Waals surface area contributed by atoms with Crippen molar-refractivity contribution in [2.75, 3.05) is 5.73 Å². The van der Waals surface area contributed by atoms with Crippen molar-refractivity contribution in [3.8, 4) is 11.5 Å². The molecule has 0 aliphatic rings. The van der Waals surface area contributed by atoms with Gasteiger partial charge in [-0.2, -0.15) is 4.98 Å². The SMILES string of the molecule is Nc1nc(-c2ccco2)c2nnn(CC(=O)c3ccc([N+](=O)[O-])cc3)c2n1. The molecule has 0 aliphatic carbocycles. The minimum absolute atomic E-state index is 0.0137. The van der Waals surface area contributed by atoms with Crippen LogP contribution in [-0.4, -0.2) is 35.7 Å². The highest BCUT2D eigenvalue weighted by Crippen LogP contribution is 2.25. The highest BCUT2D eigenvalue weighted by molar-refractivity contribution is 5.97. The van der Waals surface area contributed by atoms with Crippen LogP contribution >= 0.6 is 0 Å². The fourth-order valence-corrected chi connectivity index (χ4v) is 2.56. The molecule has 0 radical (unpaired) electrons. The molecule has 1 aromatic carbocycles. The summed E-state index contributed by atoms with van der Waals surface area (Å²) in [5, 5.41) is 18.7. The van der Waals surface area contributed by atoms with E-state index in [1.54, 1.807) is 12.1 Å². The van der Waals surface area contributed by atoms with Gasteiger partial charge in [0.1, 0.15) is 12.2 Å². The third-order valence-electron chi connectivity index (χ3n) is 3.83. The first kappa shape index (κ1) is 16.3. The number of fused-ring (bicyclic) bond motifs is 1. The maximum Gasteiger partial charge on any atom is 0.269 e. The molecule has 0 saturated carbocycles. The summed E-state index contributed by atoms with van der Waals surface area (Å²) in [4.78, 5) is 30.9. The number of nitrogens with two attached hydrogens (primary N) is 1. The van der Waals surface area contributed by atoms with E-state index in [-0.39, 0.29) is 29.6 Å². The summed E-state index contributed by atoms with van der Waals surface area (Å²) in [6, 6.07) is 8.70. The molecule has 0 amide bonds. The van der Waals surface area contributed by atoms with Crippen LogP contribution in [0.15, 0.2) is 47.1 Å². The van der Waals surface area contributed by atoms with Crippen molar-refractivity contribution in [3.05, 3.63) is 58.3 Å². The molecule has 0 unspecified atom stereocenters. The molecule has 2 N–H and O–H groups in total. The van der Waals surface area contributed by atoms with Gasteiger partial charge in [-0.1, -0.05) is 5.21 Å². The molecule has 27 heavy (non-hydrogen) atoms. The number of Topliss-reactive ketones (excluding diaryl/α,β-unsaturated/α-hetero) is 1. The van der Waals surface area contributed by atoms with Crippen LogP contribution in [0.25, 0.3) is 22.6 Å². The Hall–Kier alpha value is -4.15. The Bertz CT molecular complexity index is 1150. The number of aromatic nitrogens is 5. The molecule has 134 valence electrons. The largest absolute Gasteiger partial charge is 0.463 e. The minimum atomic E-state index is -0.533. The van der Waals surface area contributed by atoms with E-state index in [0.29, 0.717) is 22.5 Å². The zero-order chi connectivity index (χ0) is 19.0. The van der Waals surface area contributed by atoms with Crippen LogP contribution in [0.4, 0.5) is 11.6 Å². The predicted octanol–water partition coefficient (Wildman–Crippen LogP) is 1.85. The average molecular weight is 365 g/mol. The van der Waals surface area contributed by atoms with Crippen molar-refractivity contribution in [1.29, 1.82) is 0 Å². The fraction of sp³-hybridized carbons (Fsp3) is 0.0625. The van der Waals surface area contributed by atoms with Crippen molar-refractivity contribution in [2.24, 2.45) is 0 Å². The quantitative estimate of drug-likeness (QED) is 0.316. The van der Waals surface area contributed by atoms with E-state index in [0.717, 1.165) is 0 Å². The van der Waals surface area contributed by atoms with Gasteiger partial charge in [-0.25, -0.2) is 9.67 Å². The molecule has 3 aromatic heterocycles. The number of anilines is 1. The summed E-state index contributed by atoms with van der Waals surface area (Å²) >= 11 is 0. The van der Waals surface area contributed by atoms with E-state index in [4.69, 9.17) is 10.2 Å². The Kier molecular flexibility index (Phi) is 3.81. The van der Waals surface area contributed by atoms with Crippen LogP contribution in [0.2, 0.25) is 0 Å². The number of hydrogen-bond acceptors (Lipinski definition) is 9. The molecular formula is C16H11N7O4. The average Bonchev–Trinajstić information content (AvgIpc) is 3.32. The third-order valence-corrected chi connectivity index (χ3v) is 3.83. The Balaban J connectivity index is 1.68. The number of furan rings is 1. The Labute approximate surface area is 150 Å². The van der Waals surface area contributed by atoms with Gasteiger partial charge in [-0.15, -0.1) is 5.10 Å². The molecule has 4 rings (SSSR count). The zero-order valence-corrected chi connectivity index (χ0v) is 13.6.